The van der Waals surface area contributed by atoms with Crippen LogP contribution in [0.1, 0.15) is 5.56 Å². The molecule has 0 spiro atoms. The summed E-state index contributed by atoms with van der Waals surface area (Å²) in [5.41, 5.74) is 1.30. The first-order valence-corrected chi connectivity index (χ1v) is 5.37. The molecule has 69 valence electrons. The van der Waals surface area contributed by atoms with Crippen molar-refractivity contribution < 1.29 is 0 Å². The number of aryl methyl sites for hydroxylation is 1. The largest absolute Gasteiger partial charge is 0.0901 e. The fourth-order valence-electron chi connectivity index (χ4n) is 1.18. The maximum Gasteiger partial charge on any atom is 0.0122 e. The summed E-state index contributed by atoms with van der Waals surface area (Å²) in [6.07, 6.45) is 0. The molecule has 0 aromatic heterocycles. The molecule has 2 rings (SSSR count). The Morgan fingerprint density at radius 3 is 2.07 bits per heavy atom. The van der Waals surface area contributed by atoms with Gasteiger partial charge >= 0.3 is 0 Å². The van der Waals surface area contributed by atoms with Crippen LogP contribution in [-0.2, 0) is 0 Å². The molecule has 0 aliphatic heterocycles. The Morgan fingerprint density at radius 1 is 0.857 bits per heavy atom. The molecule has 1 heteroatoms. The first-order chi connectivity index (χ1) is 6.84. The Hall–Kier alpha value is -1.21. The van der Waals surface area contributed by atoms with E-state index in [1.165, 1.54) is 15.4 Å². The van der Waals surface area contributed by atoms with Gasteiger partial charge in [0, 0.05) is 9.79 Å². The number of rotatable bonds is 2. The second-order valence-electron chi connectivity index (χ2n) is 3.15. The Kier molecular flexibility index (Phi) is 2.90. The van der Waals surface area contributed by atoms with Crippen LogP contribution in [-0.4, -0.2) is 0 Å². The highest BCUT2D eigenvalue weighted by atomic mass is 32.2. The third-order valence-corrected chi connectivity index (χ3v) is 2.96. The van der Waals surface area contributed by atoms with Gasteiger partial charge in [0.05, 0.1) is 0 Å². The molecule has 0 aliphatic rings. The summed E-state index contributed by atoms with van der Waals surface area (Å²) in [6.45, 7) is 2.10. The zero-order valence-electron chi connectivity index (χ0n) is 8.03. The lowest BCUT2D eigenvalue weighted by Crippen LogP contribution is -1.74. The van der Waals surface area contributed by atoms with Gasteiger partial charge in [0.1, 0.15) is 0 Å². The van der Waals surface area contributed by atoms with E-state index in [4.69, 9.17) is 0 Å². The highest BCUT2D eigenvalue weighted by molar-refractivity contribution is 7.99. The molecule has 0 saturated carbocycles. The fraction of sp³-hybridized carbons (Fsp3) is 0.0769. The number of benzene rings is 2. The average Bonchev–Trinajstić information content (AvgIpc) is 2.23. The highest BCUT2D eigenvalue weighted by Crippen LogP contribution is 2.26. The molecule has 0 unspecified atom stereocenters. The minimum Gasteiger partial charge on any atom is -0.0901 e. The summed E-state index contributed by atoms with van der Waals surface area (Å²) in [5.74, 6) is 0. The molecule has 0 atom stereocenters. The average molecular weight is 199 g/mol. The van der Waals surface area contributed by atoms with Crippen molar-refractivity contribution in [1.29, 1.82) is 0 Å². The molecule has 0 nitrogen and oxygen atoms in total. The van der Waals surface area contributed by atoms with Crippen LogP contribution in [0.15, 0.2) is 58.3 Å². The van der Waals surface area contributed by atoms with Crippen LogP contribution in [0.2, 0.25) is 0 Å². The van der Waals surface area contributed by atoms with Gasteiger partial charge in [-0.15, -0.1) is 0 Å². The summed E-state index contributed by atoms with van der Waals surface area (Å²) in [6, 6.07) is 19.6. The third-order valence-electron chi connectivity index (χ3n) is 1.94. The van der Waals surface area contributed by atoms with Crippen LogP contribution < -0.4 is 0 Å². The third kappa shape index (κ3) is 2.39. The lowest BCUT2D eigenvalue weighted by atomic mass is 10.2. The van der Waals surface area contributed by atoms with Gasteiger partial charge in [0.25, 0.3) is 0 Å². The van der Waals surface area contributed by atoms with Crippen molar-refractivity contribution in [2.45, 2.75) is 16.7 Å². The van der Waals surface area contributed by atoms with Gasteiger partial charge in [-0.2, -0.15) is 0 Å². The Balaban J connectivity index is 2.16. The van der Waals surface area contributed by atoms with E-state index < -0.39 is 0 Å². The number of hydrogen-bond acceptors (Lipinski definition) is 1. The minimum absolute atomic E-state index is 1.26. The van der Waals surface area contributed by atoms with Crippen molar-refractivity contribution in [3.8, 4) is 0 Å². The SMILES string of the molecule is Cc1ccc(Sc2cc[c]cc2)cc1. The van der Waals surface area contributed by atoms with Crippen LogP contribution >= 0.6 is 11.8 Å². The Bertz CT molecular complexity index is 389. The van der Waals surface area contributed by atoms with E-state index >= 15 is 0 Å². The van der Waals surface area contributed by atoms with Crippen molar-refractivity contribution in [2.75, 3.05) is 0 Å². The van der Waals surface area contributed by atoms with Gasteiger partial charge in [-0.1, -0.05) is 41.6 Å². The molecule has 1 radical (unpaired) electrons. The summed E-state index contributed by atoms with van der Waals surface area (Å²) >= 11 is 1.78. The summed E-state index contributed by atoms with van der Waals surface area (Å²) in [5, 5.41) is 0. The zero-order valence-corrected chi connectivity index (χ0v) is 8.84. The van der Waals surface area contributed by atoms with Gasteiger partial charge in [-0.3, -0.25) is 0 Å². The Morgan fingerprint density at radius 2 is 1.43 bits per heavy atom. The smallest absolute Gasteiger partial charge is 0.0122 e. The molecule has 0 fully saturated rings. The molecule has 0 N–H and O–H groups in total. The van der Waals surface area contributed by atoms with Crippen LogP contribution in [0.4, 0.5) is 0 Å². The predicted molar refractivity (Wildman–Crippen MR) is 60.6 cm³/mol. The first kappa shape index (κ1) is 9.35. The maximum absolute atomic E-state index is 3.01. The van der Waals surface area contributed by atoms with Crippen molar-refractivity contribution in [3.05, 3.63) is 60.2 Å². The van der Waals surface area contributed by atoms with E-state index in [0.29, 0.717) is 0 Å². The molecule has 14 heavy (non-hydrogen) atoms. The Labute approximate surface area is 89.0 Å². The van der Waals surface area contributed by atoms with Crippen molar-refractivity contribution >= 4 is 11.8 Å². The minimum atomic E-state index is 1.26. The molecule has 0 heterocycles. The lowest BCUT2D eigenvalue weighted by Gasteiger charge is -2.01. The molecule has 0 saturated heterocycles. The van der Waals surface area contributed by atoms with Crippen molar-refractivity contribution in [1.82, 2.24) is 0 Å². The van der Waals surface area contributed by atoms with Gasteiger partial charge in [0.2, 0.25) is 0 Å². The van der Waals surface area contributed by atoms with Gasteiger partial charge < -0.3 is 0 Å². The molecule has 2 aromatic rings. The standard InChI is InChI=1S/C13H11S/c1-11-7-9-13(10-8-11)14-12-5-3-2-4-6-12/h3-10H,1H3. The lowest BCUT2D eigenvalue weighted by molar-refractivity contribution is 1.36. The molecule has 2 aromatic carbocycles. The first-order valence-electron chi connectivity index (χ1n) is 4.55. The molecule has 0 aliphatic carbocycles. The summed E-state index contributed by atoms with van der Waals surface area (Å²) in [7, 11) is 0. The van der Waals surface area contributed by atoms with Crippen LogP contribution in [0, 0.1) is 13.0 Å². The van der Waals surface area contributed by atoms with Crippen molar-refractivity contribution in [2.24, 2.45) is 0 Å². The monoisotopic (exact) mass is 199 g/mol. The van der Waals surface area contributed by atoms with Crippen LogP contribution in [0.3, 0.4) is 0 Å². The second-order valence-corrected chi connectivity index (χ2v) is 4.30. The zero-order chi connectivity index (χ0) is 9.80. The summed E-state index contributed by atoms with van der Waals surface area (Å²) < 4.78 is 0. The van der Waals surface area contributed by atoms with E-state index in [2.05, 4.69) is 49.4 Å². The molecule has 0 amide bonds. The van der Waals surface area contributed by atoms with E-state index in [-0.39, 0.29) is 0 Å². The fourth-order valence-corrected chi connectivity index (χ4v) is 2.00. The predicted octanol–water partition coefficient (Wildman–Crippen LogP) is 3.95. The van der Waals surface area contributed by atoms with E-state index in [0.717, 1.165) is 0 Å². The number of hydrogen-bond donors (Lipinski definition) is 0. The van der Waals surface area contributed by atoms with Crippen LogP contribution in [0.25, 0.3) is 0 Å². The topological polar surface area (TPSA) is 0 Å². The van der Waals surface area contributed by atoms with E-state index in [9.17, 15) is 0 Å². The van der Waals surface area contributed by atoms with Gasteiger partial charge in [-0.05, 0) is 37.3 Å². The van der Waals surface area contributed by atoms with Crippen molar-refractivity contribution in [3.63, 3.8) is 0 Å². The molecular formula is C13H11S. The summed E-state index contributed by atoms with van der Waals surface area (Å²) in [4.78, 5) is 2.54. The van der Waals surface area contributed by atoms with Gasteiger partial charge in [0.15, 0.2) is 0 Å². The molecule has 0 bridgehead atoms. The second kappa shape index (κ2) is 4.34. The van der Waals surface area contributed by atoms with Crippen LogP contribution in [0.5, 0.6) is 0 Å². The van der Waals surface area contributed by atoms with E-state index in [1.807, 2.05) is 12.1 Å². The quantitative estimate of drug-likeness (QED) is 0.705. The molecular weight excluding hydrogens is 188 g/mol. The normalized spacial score (nSPS) is 10.1. The van der Waals surface area contributed by atoms with Gasteiger partial charge in [-0.25, -0.2) is 0 Å². The highest BCUT2D eigenvalue weighted by Gasteiger charge is 1.95. The van der Waals surface area contributed by atoms with E-state index in [1.54, 1.807) is 11.8 Å². The maximum atomic E-state index is 3.01.